The molecule has 1 aromatic rings. The number of amides is 1. The van der Waals surface area contributed by atoms with E-state index < -0.39 is 11.6 Å². The maximum atomic E-state index is 13.7. The van der Waals surface area contributed by atoms with Gasteiger partial charge in [0.2, 0.25) is 5.91 Å². The molecule has 1 unspecified atom stereocenters. The molecule has 110 valence electrons. The van der Waals surface area contributed by atoms with E-state index in [4.69, 9.17) is 0 Å². The van der Waals surface area contributed by atoms with Crippen molar-refractivity contribution >= 4 is 5.91 Å². The van der Waals surface area contributed by atoms with E-state index in [2.05, 4.69) is 5.32 Å². The lowest BCUT2D eigenvalue weighted by molar-refractivity contribution is -0.129. The molecule has 0 radical (unpaired) electrons. The van der Waals surface area contributed by atoms with Crippen molar-refractivity contribution in [2.75, 3.05) is 13.1 Å². The van der Waals surface area contributed by atoms with E-state index >= 15 is 0 Å². The Balaban J connectivity index is 2.04. The lowest BCUT2D eigenvalue weighted by Crippen LogP contribution is -2.35. The Morgan fingerprint density at radius 2 is 2.20 bits per heavy atom. The van der Waals surface area contributed by atoms with Crippen LogP contribution in [0.15, 0.2) is 18.2 Å². The lowest BCUT2D eigenvalue weighted by Gasteiger charge is -2.25. The fraction of sp³-hybridized carbons (Fsp3) is 0.533. The average Bonchev–Trinajstić information content (AvgIpc) is 2.76. The number of rotatable bonds is 6. The summed E-state index contributed by atoms with van der Waals surface area (Å²) in [5.74, 6) is -0.913. The third-order valence-electron chi connectivity index (χ3n) is 3.71. The van der Waals surface area contributed by atoms with Crippen molar-refractivity contribution in [1.29, 1.82) is 0 Å². The molecule has 20 heavy (non-hydrogen) atoms. The summed E-state index contributed by atoms with van der Waals surface area (Å²) in [6.45, 7) is 3.90. The summed E-state index contributed by atoms with van der Waals surface area (Å²) >= 11 is 0. The molecule has 5 heteroatoms. The Morgan fingerprint density at radius 1 is 1.40 bits per heavy atom. The highest BCUT2D eigenvalue weighted by Crippen LogP contribution is 2.24. The van der Waals surface area contributed by atoms with Crippen LogP contribution in [-0.2, 0) is 11.3 Å². The minimum atomic E-state index is -0.475. The first-order valence-electron chi connectivity index (χ1n) is 7.06. The summed E-state index contributed by atoms with van der Waals surface area (Å²) in [4.78, 5) is 13.6. The second-order valence-corrected chi connectivity index (χ2v) is 5.09. The van der Waals surface area contributed by atoms with Crippen LogP contribution in [0.25, 0.3) is 0 Å². The van der Waals surface area contributed by atoms with E-state index in [1.807, 2.05) is 6.92 Å². The van der Waals surface area contributed by atoms with Crippen LogP contribution >= 0.6 is 0 Å². The highest BCUT2D eigenvalue weighted by molar-refractivity contribution is 5.78. The Hall–Kier alpha value is -1.49. The molecule has 1 fully saturated rings. The summed E-state index contributed by atoms with van der Waals surface area (Å²) < 4.78 is 26.9. The molecule has 1 aliphatic heterocycles. The van der Waals surface area contributed by atoms with Crippen LogP contribution in [0.5, 0.6) is 0 Å². The first-order valence-corrected chi connectivity index (χ1v) is 7.06. The summed E-state index contributed by atoms with van der Waals surface area (Å²) in [5.41, 5.74) is 0.244. The van der Waals surface area contributed by atoms with Gasteiger partial charge < -0.3 is 10.2 Å². The maximum Gasteiger partial charge on any atom is 0.223 e. The van der Waals surface area contributed by atoms with E-state index in [9.17, 15) is 13.6 Å². The second-order valence-electron chi connectivity index (χ2n) is 5.09. The summed E-state index contributed by atoms with van der Waals surface area (Å²) in [5, 5.41) is 3.22. The van der Waals surface area contributed by atoms with Gasteiger partial charge in [0.1, 0.15) is 11.6 Å². The van der Waals surface area contributed by atoms with Gasteiger partial charge >= 0.3 is 0 Å². The molecule has 2 rings (SSSR count). The number of carbonyl (C=O) groups is 1. The van der Waals surface area contributed by atoms with Crippen molar-refractivity contribution in [2.24, 2.45) is 0 Å². The van der Waals surface area contributed by atoms with Gasteiger partial charge in [0, 0.05) is 24.6 Å². The van der Waals surface area contributed by atoms with Gasteiger partial charge in [-0.2, -0.15) is 0 Å². The van der Waals surface area contributed by atoms with Gasteiger partial charge in [-0.25, -0.2) is 8.78 Å². The molecule has 3 nitrogen and oxygen atoms in total. The Morgan fingerprint density at radius 3 is 2.95 bits per heavy atom. The minimum Gasteiger partial charge on any atom is -0.335 e. The normalized spacial score (nSPS) is 18.9. The van der Waals surface area contributed by atoms with E-state index in [1.54, 1.807) is 4.90 Å². The largest absolute Gasteiger partial charge is 0.335 e. The molecule has 0 saturated carbocycles. The predicted octanol–water partition coefficient (Wildman–Crippen LogP) is 2.46. The molecule has 1 saturated heterocycles. The highest BCUT2D eigenvalue weighted by atomic mass is 19.1. The molecular formula is C15H20F2N2O. The molecule has 1 aromatic carbocycles. The molecule has 1 heterocycles. The van der Waals surface area contributed by atoms with Crippen molar-refractivity contribution in [3.63, 3.8) is 0 Å². The lowest BCUT2D eigenvalue weighted by atomic mass is 10.1. The Kier molecular flexibility index (Phi) is 5.06. The van der Waals surface area contributed by atoms with Crippen molar-refractivity contribution in [2.45, 2.75) is 38.8 Å². The number of hydrogen-bond donors (Lipinski definition) is 1. The van der Waals surface area contributed by atoms with Crippen LogP contribution in [0.3, 0.4) is 0 Å². The third-order valence-corrected chi connectivity index (χ3v) is 3.71. The van der Waals surface area contributed by atoms with Crippen molar-refractivity contribution < 1.29 is 13.6 Å². The van der Waals surface area contributed by atoms with Gasteiger partial charge in [-0.05, 0) is 44.1 Å². The topological polar surface area (TPSA) is 32.3 Å². The first kappa shape index (κ1) is 14.9. The zero-order valence-corrected chi connectivity index (χ0v) is 11.7. The number of likely N-dealkylation sites (tertiary alicyclic amines) is 1. The van der Waals surface area contributed by atoms with E-state index in [0.717, 1.165) is 38.1 Å². The van der Waals surface area contributed by atoms with Crippen molar-refractivity contribution in [1.82, 2.24) is 10.2 Å². The number of carbonyl (C=O) groups excluding carboxylic acids is 1. The quantitative estimate of drug-likeness (QED) is 0.813. The summed E-state index contributed by atoms with van der Waals surface area (Å²) in [7, 11) is 0. The van der Waals surface area contributed by atoms with E-state index in [1.165, 1.54) is 6.07 Å². The maximum absolute atomic E-state index is 13.7. The molecule has 0 bridgehead atoms. The SMILES string of the molecule is CCNCCC1CCC(=O)N1Cc1cc(F)ccc1F. The molecule has 0 aliphatic carbocycles. The first-order chi connectivity index (χ1) is 9.61. The number of halogens is 2. The molecule has 0 aromatic heterocycles. The summed E-state index contributed by atoms with van der Waals surface area (Å²) in [6.07, 6.45) is 2.13. The van der Waals surface area contributed by atoms with Crippen molar-refractivity contribution in [3.8, 4) is 0 Å². The number of nitrogens with one attached hydrogen (secondary N) is 1. The molecule has 1 aliphatic rings. The van der Waals surface area contributed by atoms with Crippen molar-refractivity contribution in [3.05, 3.63) is 35.4 Å². The zero-order valence-electron chi connectivity index (χ0n) is 11.7. The second kappa shape index (κ2) is 6.79. The number of benzene rings is 1. The fourth-order valence-corrected chi connectivity index (χ4v) is 2.60. The Labute approximate surface area is 118 Å². The molecule has 1 atom stereocenters. The van der Waals surface area contributed by atoms with Crippen LogP contribution < -0.4 is 5.32 Å². The highest BCUT2D eigenvalue weighted by Gasteiger charge is 2.30. The van der Waals surface area contributed by atoms with Crippen LogP contribution in [0, 0.1) is 11.6 Å². The monoisotopic (exact) mass is 282 g/mol. The van der Waals surface area contributed by atoms with Crippen LogP contribution in [0.1, 0.15) is 31.7 Å². The van der Waals surface area contributed by atoms with Crippen LogP contribution in [-0.4, -0.2) is 29.9 Å². The van der Waals surface area contributed by atoms with Gasteiger partial charge in [-0.1, -0.05) is 6.92 Å². The molecule has 1 N–H and O–H groups in total. The molecule has 0 spiro atoms. The van der Waals surface area contributed by atoms with Gasteiger partial charge in [-0.15, -0.1) is 0 Å². The fourth-order valence-electron chi connectivity index (χ4n) is 2.60. The Bertz CT molecular complexity index is 479. The van der Waals surface area contributed by atoms with Gasteiger partial charge in [0.25, 0.3) is 0 Å². The van der Waals surface area contributed by atoms with Crippen LogP contribution in [0.2, 0.25) is 0 Å². The van der Waals surface area contributed by atoms with E-state index in [-0.39, 0.29) is 24.1 Å². The number of hydrogen-bond acceptors (Lipinski definition) is 2. The standard InChI is InChI=1S/C15H20F2N2O/c1-2-18-8-7-13-4-6-15(20)19(13)10-11-9-12(16)3-5-14(11)17/h3,5,9,13,18H,2,4,6-8,10H2,1H3. The van der Waals surface area contributed by atoms with Gasteiger partial charge in [0.05, 0.1) is 0 Å². The molecule has 1 amide bonds. The average molecular weight is 282 g/mol. The predicted molar refractivity (Wildman–Crippen MR) is 73.1 cm³/mol. The van der Waals surface area contributed by atoms with Gasteiger partial charge in [-0.3, -0.25) is 4.79 Å². The third kappa shape index (κ3) is 3.54. The van der Waals surface area contributed by atoms with Crippen LogP contribution in [0.4, 0.5) is 8.78 Å². The zero-order chi connectivity index (χ0) is 14.5. The van der Waals surface area contributed by atoms with Gasteiger partial charge in [0.15, 0.2) is 0 Å². The smallest absolute Gasteiger partial charge is 0.223 e. The minimum absolute atomic E-state index is 0.0233. The number of nitrogens with zero attached hydrogens (tertiary/aromatic N) is 1. The van der Waals surface area contributed by atoms with E-state index in [0.29, 0.717) is 6.42 Å². The molecular weight excluding hydrogens is 262 g/mol. The summed E-state index contributed by atoms with van der Waals surface area (Å²) in [6, 6.07) is 3.48.